The first-order valence-corrected chi connectivity index (χ1v) is 18.5. The Hall–Kier alpha value is 1.46. The zero-order valence-electron chi connectivity index (χ0n) is 33.7. The van der Waals surface area contributed by atoms with Crippen LogP contribution in [0.5, 0.6) is 0 Å². The molecule has 13 heteroatoms. The number of quaternary nitrogens is 5. The number of nitrogens with zero attached hydrogens (tertiary/aromatic N) is 2. The van der Waals surface area contributed by atoms with Crippen molar-refractivity contribution in [1.29, 1.82) is 0 Å². The van der Waals surface area contributed by atoms with E-state index >= 15 is 0 Å². The molecule has 48 heavy (non-hydrogen) atoms. The molecular weight excluding hydrogens is 733 g/mol. The van der Waals surface area contributed by atoms with Gasteiger partial charge in [-0.1, -0.05) is 68.2 Å². The summed E-state index contributed by atoms with van der Waals surface area (Å²) in [5.74, 6) is 3.23. The fourth-order valence-corrected chi connectivity index (χ4v) is 3.93. The molecular formula is C35H87Cl6N6O-. The summed E-state index contributed by atoms with van der Waals surface area (Å²) in [4.78, 5) is 2.97. The summed E-state index contributed by atoms with van der Waals surface area (Å²) in [6.07, 6.45) is 13.4. The van der Waals surface area contributed by atoms with Crippen molar-refractivity contribution in [2.24, 2.45) is 23.7 Å². The number of nitrogens with two attached hydrogens (primary N) is 3. The van der Waals surface area contributed by atoms with Crippen LogP contribution in [0.4, 0.5) is 0 Å². The van der Waals surface area contributed by atoms with E-state index in [1.54, 1.807) is 0 Å². The molecule has 0 heterocycles. The van der Waals surface area contributed by atoms with Crippen LogP contribution in [-0.4, -0.2) is 96.2 Å². The van der Waals surface area contributed by atoms with Crippen LogP contribution in [0.1, 0.15) is 120 Å². The highest BCUT2D eigenvalue weighted by Crippen LogP contribution is 2.06. The van der Waals surface area contributed by atoms with Gasteiger partial charge in [-0.2, -0.15) is 7.05 Å². The third-order valence-electron chi connectivity index (χ3n) is 8.35. The number of unbranched alkanes of at least 4 members (excludes halogenated alkanes) is 5. The summed E-state index contributed by atoms with van der Waals surface area (Å²) in [5, 5.41) is 16.8. The van der Waals surface area contributed by atoms with E-state index in [0.29, 0.717) is 0 Å². The monoisotopic (exact) mass is 818 g/mol. The molecule has 0 saturated carbocycles. The summed E-state index contributed by atoms with van der Waals surface area (Å²) in [6, 6.07) is 0. The van der Waals surface area contributed by atoms with Crippen LogP contribution in [0.3, 0.4) is 0 Å². The van der Waals surface area contributed by atoms with E-state index in [4.69, 9.17) is 0 Å². The van der Waals surface area contributed by atoms with E-state index in [0.717, 1.165) is 60.9 Å². The maximum Gasteiger partial charge on any atom is 0.151 e. The van der Waals surface area contributed by atoms with Crippen molar-refractivity contribution in [3.63, 3.8) is 0 Å². The second kappa shape index (κ2) is 55.2. The minimum absolute atomic E-state index is 0. The Morgan fingerprint density at radius 3 is 1.19 bits per heavy atom. The summed E-state index contributed by atoms with van der Waals surface area (Å²) in [5.41, 5.74) is 3.76. The predicted molar refractivity (Wildman–Crippen MR) is 192 cm³/mol. The second-order valence-corrected chi connectivity index (χ2v) is 14.5. The van der Waals surface area contributed by atoms with Crippen molar-refractivity contribution in [3.8, 4) is 0 Å². The SMILES string of the molecule is CCC(C)C[NH2+]CC(O)C[NH2+]CC(C)CC.CCC(C)C[NH2+]CCCCCCCC[N+](C)(C)C.CCC(C)C[NH3+].C[N-]Cl.[Cl-].[Cl-].[Cl-].[Cl-].[Cl-]. The van der Waals surface area contributed by atoms with Crippen molar-refractivity contribution >= 4 is 11.8 Å². The number of aliphatic hydroxyl groups excluding tert-OH is 1. The van der Waals surface area contributed by atoms with Crippen molar-refractivity contribution in [3.05, 3.63) is 4.84 Å². The molecule has 4 atom stereocenters. The molecule has 0 aliphatic rings. The standard InChI is InChI=1S/C16H37N2.C13H30N2O.C5H13N.CH3ClN.5ClH/c1-6-16(2)15-17-13-11-9-7-8-10-12-14-18(3,4)5;1-5-11(3)7-14-9-13(16)10-15-8-12(4)6-2;1-3-5(2)4-6;1-3-2;;;;;/h16-17H,6-15H2,1-5H3;11-16H,5-10H2,1-4H3;5H,3-4,6H2,1-2H3;1H3;5*1H/q+1;;;-1;;;;;/p-1. The van der Waals surface area contributed by atoms with Crippen LogP contribution < -0.4 is 83.7 Å². The molecule has 0 radical (unpaired) electrons. The maximum atomic E-state index is 9.76. The van der Waals surface area contributed by atoms with Crippen LogP contribution in [0, 0.1) is 23.7 Å². The number of hydrogen-bond donors (Lipinski definition) is 5. The van der Waals surface area contributed by atoms with Gasteiger partial charge in [0.15, 0.2) is 6.10 Å². The lowest BCUT2D eigenvalue weighted by atomic mass is 10.1. The van der Waals surface area contributed by atoms with Crippen LogP contribution in [0.2, 0.25) is 0 Å². The lowest BCUT2D eigenvalue weighted by molar-refractivity contribution is -0.870. The fraction of sp³-hybridized carbons (Fsp3) is 1.00. The smallest absolute Gasteiger partial charge is 0.151 e. The molecule has 0 saturated heterocycles. The molecule has 0 bridgehead atoms. The van der Waals surface area contributed by atoms with Gasteiger partial charge in [-0.25, -0.2) is 0 Å². The topological polar surface area (TPSA) is 112 Å². The molecule has 0 aromatic heterocycles. The first kappa shape index (κ1) is 71.0. The Labute approximate surface area is 338 Å². The summed E-state index contributed by atoms with van der Waals surface area (Å²) in [6.45, 7) is 27.0. The predicted octanol–water partition coefficient (Wildman–Crippen LogP) is -11.4. The normalized spacial score (nSPS) is 13.1. The average molecular weight is 821 g/mol. The molecule has 0 fully saturated rings. The van der Waals surface area contributed by atoms with E-state index in [1.807, 2.05) is 0 Å². The van der Waals surface area contributed by atoms with Gasteiger partial charge in [0.2, 0.25) is 0 Å². The highest BCUT2D eigenvalue weighted by molar-refractivity contribution is 6.24. The summed E-state index contributed by atoms with van der Waals surface area (Å²) in [7, 11) is 8.37. The number of hydrogen-bond acceptors (Lipinski definition) is 1. The minimum Gasteiger partial charge on any atom is -1.00 e. The Morgan fingerprint density at radius 1 is 0.583 bits per heavy atom. The lowest BCUT2D eigenvalue weighted by Crippen LogP contribution is -3.00. The molecule has 306 valence electrons. The van der Waals surface area contributed by atoms with Crippen LogP contribution >= 0.6 is 11.8 Å². The van der Waals surface area contributed by atoms with Crippen LogP contribution in [0.25, 0.3) is 4.84 Å². The fourth-order valence-electron chi connectivity index (χ4n) is 3.93. The lowest BCUT2D eigenvalue weighted by Gasteiger charge is -2.23. The third kappa shape index (κ3) is 73.0. The van der Waals surface area contributed by atoms with Gasteiger partial charge < -0.3 is 98.1 Å². The van der Waals surface area contributed by atoms with Gasteiger partial charge in [-0.05, 0) is 51.4 Å². The van der Waals surface area contributed by atoms with Gasteiger partial charge in [-0.3, -0.25) is 11.8 Å². The zero-order chi connectivity index (χ0) is 33.9. The Balaban J connectivity index is -0.0000000668. The van der Waals surface area contributed by atoms with Crippen molar-refractivity contribution in [2.45, 2.75) is 126 Å². The van der Waals surface area contributed by atoms with Crippen molar-refractivity contribution < 1.29 is 93.3 Å². The Kier molecular flexibility index (Phi) is 81.6. The highest BCUT2D eigenvalue weighted by atomic mass is 35.5. The van der Waals surface area contributed by atoms with Crippen LogP contribution in [0.15, 0.2) is 0 Å². The molecule has 0 aliphatic heterocycles. The molecule has 7 nitrogen and oxygen atoms in total. The van der Waals surface area contributed by atoms with E-state index in [9.17, 15) is 5.11 Å². The minimum atomic E-state index is -0.159. The highest BCUT2D eigenvalue weighted by Gasteiger charge is 2.10. The molecule has 0 amide bonds. The van der Waals surface area contributed by atoms with Gasteiger partial charge in [0, 0.05) is 23.7 Å². The van der Waals surface area contributed by atoms with Crippen molar-refractivity contribution in [2.75, 3.05) is 80.5 Å². The van der Waals surface area contributed by atoms with E-state index < -0.39 is 0 Å². The number of rotatable bonds is 24. The number of aliphatic hydroxyl groups is 1. The van der Waals surface area contributed by atoms with E-state index in [1.165, 1.54) is 90.9 Å². The van der Waals surface area contributed by atoms with E-state index in [-0.39, 0.29) is 68.1 Å². The molecule has 0 spiro atoms. The Bertz CT molecular complexity index is 495. The van der Waals surface area contributed by atoms with E-state index in [2.05, 4.69) is 115 Å². The first-order valence-electron chi connectivity index (χ1n) is 18.2. The first-order chi connectivity index (χ1) is 20.3. The maximum absolute atomic E-state index is 9.76. The molecule has 0 rings (SSSR count). The second-order valence-electron chi connectivity index (χ2n) is 14.1. The van der Waals surface area contributed by atoms with Gasteiger partial charge in [0.05, 0.1) is 60.4 Å². The molecule has 0 aromatic rings. The largest absolute Gasteiger partial charge is 1.00 e. The third-order valence-corrected chi connectivity index (χ3v) is 8.35. The molecule has 0 aliphatic carbocycles. The Morgan fingerprint density at radius 2 is 0.896 bits per heavy atom. The molecule has 10 N–H and O–H groups in total. The van der Waals surface area contributed by atoms with Gasteiger partial charge >= 0.3 is 0 Å². The van der Waals surface area contributed by atoms with Gasteiger partial charge in [0.1, 0.15) is 13.1 Å². The summed E-state index contributed by atoms with van der Waals surface area (Å²) >= 11 is 4.62. The molecule has 0 aromatic carbocycles. The average Bonchev–Trinajstić information content (AvgIpc) is 2.97. The van der Waals surface area contributed by atoms with Gasteiger partial charge in [0.25, 0.3) is 0 Å². The van der Waals surface area contributed by atoms with Crippen molar-refractivity contribution in [1.82, 2.24) is 0 Å². The summed E-state index contributed by atoms with van der Waals surface area (Å²) < 4.78 is 1.12. The number of halogens is 6. The van der Waals surface area contributed by atoms with Crippen LogP contribution in [-0.2, 0) is 0 Å². The molecule has 4 unspecified atom stereocenters. The zero-order valence-corrected chi connectivity index (χ0v) is 38.2. The van der Waals surface area contributed by atoms with Gasteiger partial charge in [-0.15, -0.1) is 0 Å². The quantitative estimate of drug-likeness (QED) is 0.0485.